The molecule has 2 aliphatic rings. The molecular weight excluding hydrogens is 286 g/mol. The molecule has 0 aliphatic heterocycles. The lowest BCUT2D eigenvalue weighted by molar-refractivity contribution is 0.0697. The third kappa shape index (κ3) is 3.24. The molecule has 2 bridgehead atoms. The number of hydrogen-bond donors (Lipinski definition) is 1. The monoisotopic (exact) mass is 307 g/mol. The van der Waals surface area contributed by atoms with Gasteiger partial charge >= 0.3 is 5.97 Å². The van der Waals surface area contributed by atoms with Gasteiger partial charge in [-0.25, -0.2) is 4.79 Å². The highest BCUT2D eigenvalue weighted by Crippen LogP contribution is 2.48. The van der Waals surface area contributed by atoms with E-state index in [1.807, 2.05) is 6.07 Å². The fraction of sp³-hybridized carbons (Fsp3) is 0.588. The minimum Gasteiger partial charge on any atom is -0.478 e. The van der Waals surface area contributed by atoms with Crippen LogP contribution in [0.4, 0.5) is 0 Å². The van der Waals surface area contributed by atoms with E-state index in [4.69, 9.17) is 16.7 Å². The predicted molar refractivity (Wildman–Crippen MR) is 83.7 cm³/mol. The maximum absolute atomic E-state index is 10.9. The van der Waals surface area contributed by atoms with Crippen molar-refractivity contribution in [3.63, 3.8) is 0 Å². The van der Waals surface area contributed by atoms with Crippen LogP contribution in [0.3, 0.4) is 0 Å². The zero-order valence-electron chi connectivity index (χ0n) is 12.4. The molecule has 0 heterocycles. The Bertz CT molecular complexity index is 546. The Morgan fingerprint density at radius 1 is 1.38 bits per heavy atom. The van der Waals surface area contributed by atoms with Crippen molar-refractivity contribution in [2.75, 3.05) is 13.6 Å². The number of carbonyl (C=O) groups is 1. The third-order valence-electron chi connectivity index (χ3n) is 5.17. The van der Waals surface area contributed by atoms with E-state index in [1.54, 1.807) is 12.1 Å². The van der Waals surface area contributed by atoms with E-state index in [0.717, 1.165) is 36.4 Å². The summed E-state index contributed by atoms with van der Waals surface area (Å²) >= 11 is 6.21. The van der Waals surface area contributed by atoms with Crippen molar-refractivity contribution in [2.24, 2.45) is 17.8 Å². The summed E-state index contributed by atoms with van der Waals surface area (Å²) in [7, 11) is 2.13. The van der Waals surface area contributed by atoms with Crippen LogP contribution in [0.25, 0.3) is 0 Å². The summed E-state index contributed by atoms with van der Waals surface area (Å²) in [5, 5.41) is 9.51. The molecule has 0 amide bonds. The van der Waals surface area contributed by atoms with Crippen molar-refractivity contribution >= 4 is 17.6 Å². The lowest BCUT2D eigenvalue weighted by Crippen LogP contribution is -2.28. The molecule has 2 fully saturated rings. The average molecular weight is 308 g/mol. The average Bonchev–Trinajstić information content (AvgIpc) is 3.03. The fourth-order valence-corrected chi connectivity index (χ4v) is 4.40. The van der Waals surface area contributed by atoms with Gasteiger partial charge in [0, 0.05) is 18.1 Å². The largest absolute Gasteiger partial charge is 0.478 e. The molecule has 4 heteroatoms. The first-order chi connectivity index (χ1) is 10.0. The van der Waals surface area contributed by atoms with Gasteiger partial charge < -0.3 is 10.0 Å². The zero-order valence-corrected chi connectivity index (χ0v) is 13.1. The Hall–Kier alpha value is -1.06. The number of hydrogen-bond acceptors (Lipinski definition) is 2. The lowest BCUT2D eigenvalue weighted by atomic mass is 9.88. The molecular formula is C17H22ClNO2. The van der Waals surface area contributed by atoms with Crippen molar-refractivity contribution in [1.82, 2.24) is 4.90 Å². The minimum atomic E-state index is -0.932. The summed E-state index contributed by atoms with van der Waals surface area (Å²) in [6, 6.07) is 5.02. The number of carboxylic acids is 1. The Kier molecular flexibility index (Phi) is 4.23. The topological polar surface area (TPSA) is 40.5 Å². The van der Waals surface area contributed by atoms with Gasteiger partial charge in [0.25, 0.3) is 0 Å². The second-order valence-corrected chi connectivity index (χ2v) is 7.15. The standard InChI is InChI=1S/C17H22ClNO2/c1-19(10-15-7-11-2-3-12(15)6-11)9-14-5-4-13(17(20)21)8-16(14)18/h4-5,8,11-12,15H,2-3,6-7,9-10H2,1H3,(H,20,21). The molecule has 0 spiro atoms. The molecule has 3 nitrogen and oxygen atoms in total. The summed E-state index contributed by atoms with van der Waals surface area (Å²) in [4.78, 5) is 13.2. The number of benzene rings is 1. The minimum absolute atomic E-state index is 0.250. The van der Waals surface area contributed by atoms with Gasteiger partial charge in [0.05, 0.1) is 5.56 Å². The zero-order chi connectivity index (χ0) is 15.0. The van der Waals surface area contributed by atoms with Gasteiger partial charge in [0.1, 0.15) is 0 Å². The molecule has 1 aromatic carbocycles. The molecule has 3 atom stereocenters. The summed E-state index contributed by atoms with van der Waals surface area (Å²) in [5.74, 6) is 1.82. The van der Waals surface area contributed by atoms with Crippen LogP contribution in [-0.4, -0.2) is 29.6 Å². The maximum atomic E-state index is 10.9. The first-order valence-electron chi connectivity index (χ1n) is 7.73. The molecule has 0 saturated heterocycles. The Balaban J connectivity index is 1.59. The van der Waals surface area contributed by atoms with Gasteiger partial charge in [-0.1, -0.05) is 24.1 Å². The molecule has 3 rings (SSSR count). The van der Waals surface area contributed by atoms with Gasteiger partial charge in [-0.05, 0) is 61.8 Å². The van der Waals surface area contributed by atoms with E-state index in [-0.39, 0.29) is 5.56 Å². The molecule has 0 aromatic heterocycles. The van der Waals surface area contributed by atoms with Gasteiger partial charge in [-0.15, -0.1) is 0 Å². The van der Waals surface area contributed by atoms with E-state index >= 15 is 0 Å². The molecule has 3 unspecified atom stereocenters. The van der Waals surface area contributed by atoms with Crippen molar-refractivity contribution in [3.8, 4) is 0 Å². The van der Waals surface area contributed by atoms with Gasteiger partial charge in [-0.2, -0.15) is 0 Å². The Morgan fingerprint density at radius 2 is 2.19 bits per heavy atom. The van der Waals surface area contributed by atoms with E-state index < -0.39 is 5.97 Å². The number of carboxylic acid groups (broad SMARTS) is 1. The number of fused-ring (bicyclic) bond motifs is 2. The van der Waals surface area contributed by atoms with Gasteiger partial charge in [0.15, 0.2) is 0 Å². The van der Waals surface area contributed by atoms with Crippen molar-refractivity contribution in [2.45, 2.75) is 32.2 Å². The van der Waals surface area contributed by atoms with Crippen LogP contribution >= 0.6 is 11.6 Å². The number of rotatable bonds is 5. The summed E-state index contributed by atoms with van der Waals surface area (Å²) in [6.45, 7) is 1.91. The number of aromatic carboxylic acids is 1. The summed E-state index contributed by atoms with van der Waals surface area (Å²) < 4.78 is 0. The Labute approximate surface area is 130 Å². The molecule has 1 N–H and O–H groups in total. The maximum Gasteiger partial charge on any atom is 0.335 e. The first kappa shape index (κ1) is 14.9. The van der Waals surface area contributed by atoms with E-state index in [9.17, 15) is 4.79 Å². The predicted octanol–water partition coefficient (Wildman–Crippen LogP) is 3.91. The third-order valence-corrected chi connectivity index (χ3v) is 5.52. The number of halogens is 1. The number of nitrogens with zero attached hydrogens (tertiary/aromatic N) is 1. The highest BCUT2D eigenvalue weighted by atomic mass is 35.5. The molecule has 114 valence electrons. The smallest absolute Gasteiger partial charge is 0.335 e. The molecule has 1 aromatic rings. The highest BCUT2D eigenvalue weighted by molar-refractivity contribution is 6.31. The molecule has 2 aliphatic carbocycles. The van der Waals surface area contributed by atoms with Crippen molar-refractivity contribution < 1.29 is 9.90 Å². The van der Waals surface area contributed by atoms with E-state index in [1.165, 1.54) is 25.7 Å². The second kappa shape index (κ2) is 5.98. The quantitative estimate of drug-likeness (QED) is 0.896. The normalized spacial score (nSPS) is 27.5. The van der Waals surface area contributed by atoms with Crippen LogP contribution < -0.4 is 0 Å². The van der Waals surface area contributed by atoms with Crippen LogP contribution in [0.5, 0.6) is 0 Å². The second-order valence-electron chi connectivity index (χ2n) is 6.74. The molecule has 2 saturated carbocycles. The van der Waals surface area contributed by atoms with E-state index in [0.29, 0.717) is 5.02 Å². The van der Waals surface area contributed by atoms with Crippen LogP contribution in [0, 0.1) is 17.8 Å². The van der Waals surface area contributed by atoms with Crippen LogP contribution in [0.15, 0.2) is 18.2 Å². The first-order valence-corrected chi connectivity index (χ1v) is 8.11. The fourth-order valence-electron chi connectivity index (χ4n) is 4.16. The van der Waals surface area contributed by atoms with Crippen molar-refractivity contribution in [1.29, 1.82) is 0 Å². The summed E-state index contributed by atoms with van der Waals surface area (Å²) in [6.07, 6.45) is 5.68. The molecule has 21 heavy (non-hydrogen) atoms. The SMILES string of the molecule is CN(Cc1ccc(C(=O)O)cc1Cl)CC1CC2CCC1C2. The van der Waals surface area contributed by atoms with E-state index in [2.05, 4.69) is 11.9 Å². The van der Waals surface area contributed by atoms with Gasteiger partial charge in [-0.3, -0.25) is 0 Å². The molecule has 0 radical (unpaired) electrons. The van der Waals surface area contributed by atoms with Crippen LogP contribution in [0.2, 0.25) is 5.02 Å². The van der Waals surface area contributed by atoms with Crippen LogP contribution in [-0.2, 0) is 6.54 Å². The lowest BCUT2D eigenvalue weighted by Gasteiger charge is -2.27. The highest BCUT2D eigenvalue weighted by Gasteiger charge is 2.39. The van der Waals surface area contributed by atoms with Crippen molar-refractivity contribution in [3.05, 3.63) is 34.3 Å². The van der Waals surface area contributed by atoms with Crippen LogP contribution in [0.1, 0.15) is 41.6 Å². The summed E-state index contributed by atoms with van der Waals surface area (Å²) in [5.41, 5.74) is 1.26. The van der Waals surface area contributed by atoms with Gasteiger partial charge in [0.2, 0.25) is 0 Å². The Morgan fingerprint density at radius 3 is 2.76 bits per heavy atom.